The Hall–Kier alpha value is -0.960. The van der Waals surface area contributed by atoms with E-state index in [4.69, 9.17) is 0 Å². The van der Waals surface area contributed by atoms with E-state index in [-0.39, 0.29) is 5.82 Å². The molecule has 0 aliphatic carbocycles. The zero-order chi connectivity index (χ0) is 12.1. The predicted molar refractivity (Wildman–Crippen MR) is 62.1 cm³/mol. The second kappa shape index (κ2) is 5.94. The van der Waals surface area contributed by atoms with Crippen molar-refractivity contribution in [3.05, 3.63) is 35.4 Å². The fourth-order valence-electron chi connectivity index (χ4n) is 1.75. The summed E-state index contributed by atoms with van der Waals surface area (Å²) in [4.78, 5) is 0. The lowest BCUT2D eigenvalue weighted by Gasteiger charge is -2.16. The maximum atomic E-state index is 13.3. The second-order valence-electron chi connectivity index (χ2n) is 4.65. The highest BCUT2D eigenvalue weighted by Crippen LogP contribution is 2.10. The minimum Gasteiger partial charge on any atom is -0.310 e. The Morgan fingerprint density at radius 3 is 2.50 bits per heavy atom. The normalized spacial score (nSPS) is 13.1. The summed E-state index contributed by atoms with van der Waals surface area (Å²) in [6.45, 7) is 6.70. The molecule has 1 N–H and O–H groups in total. The molecule has 0 amide bonds. The van der Waals surface area contributed by atoms with Crippen molar-refractivity contribution in [1.82, 2.24) is 5.32 Å². The first kappa shape index (κ1) is 13.1. The van der Waals surface area contributed by atoms with E-state index in [1.54, 1.807) is 0 Å². The third-order valence-corrected chi connectivity index (χ3v) is 2.47. The topological polar surface area (TPSA) is 12.0 Å². The summed E-state index contributed by atoms with van der Waals surface area (Å²) in [5, 5.41) is 3.19. The van der Waals surface area contributed by atoms with Crippen molar-refractivity contribution < 1.29 is 8.78 Å². The number of benzene rings is 1. The Morgan fingerprint density at radius 2 is 1.88 bits per heavy atom. The molecule has 16 heavy (non-hydrogen) atoms. The third kappa shape index (κ3) is 4.27. The van der Waals surface area contributed by atoms with Crippen molar-refractivity contribution in [1.29, 1.82) is 0 Å². The van der Waals surface area contributed by atoms with Crippen molar-refractivity contribution in [2.75, 3.05) is 0 Å². The molecule has 90 valence electrons. The average molecular weight is 227 g/mol. The molecule has 1 rings (SSSR count). The van der Waals surface area contributed by atoms with Crippen molar-refractivity contribution in [3.8, 4) is 0 Å². The van der Waals surface area contributed by atoms with Crippen LogP contribution >= 0.6 is 0 Å². The van der Waals surface area contributed by atoms with E-state index in [1.165, 1.54) is 12.1 Å². The van der Waals surface area contributed by atoms with Gasteiger partial charge in [-0.05, 0) is 37.5 Å². The Kier molecular flexibility index (Phi) is 4.87. The molecule has 1 atom stereocenters. The van der Waals surface area contributed by atoms with Crippen LogP contribution in [0.4, 0.5) is 8.78 Å². The van der Waals surface area contributed by atoms with Gasteiger partial charge in [-0.2, -0.15) is 0 Å². The first-order valence-corrected chi connectivity index (χ1v) is 5.66. The lowest BCUT2D eigenvalue weighted by Crippen LogP contribution is -2.27. The lowest BCUT2D eigenvalue weighted by molar-refractivity contribution is 0.436. The van der Waals surface area contributed by atoms with Gasteiger partial charge < -0.3 is 5.32 Å². The first-order valence-electron chi connectivity index (χ1n) is 5.66. The molecule has 1 nitrogen and oxygen atoms in total. The van der Waals surface area contributed by atoms with Crippen LogP contribution < -0.4 is 5.32 Å². The van der Waals surface area contributed by atoms with Crippen LogP contribution in [0.25, 0.3) is 0 Å². The maximum absolute atomic E-state index is 13.3. The Labute approximate surface area is 95.9 Å². The van der Waals surface area contributed by atoms with Crippen LogP contribution in [-0.4, -0.2) is 6.04 Å². The van der Waals surface area contributed by atoms with Gasteiger partial charge in [0.05, 0.1) is 0 Å². The Morgan fingerprint density at radius 1 is 1.19 bits per heavy atom. The van der Waals surface area contributed by atoms with Crippen molar-refractivity contribution in [2.45, 2.75) is 39.8 Å². The van der Waals surface area contributed by atoms with Gasteiger partial charge in [-0.15, -0.1) is 0 Å². The van der Waals surface area contributed by atoms with E-state index in [0.717, 1.165) is 12.5 Å². The van der Waals surface area contributed by atoms with Crippen LogP contribution in [0.15, 0.2) is 18.2 Å². The van der Waals surface area contributed by atoms with E-state index < -0.39 is 5.82 Å². The molecule has 3 heteroatoms. The average Bonchev–Trinajstić information content (AvgIpc) is 2.18. The van der Waals surface area contributed by atoms with Gasteiger partial charge in [-0.25, -0.2) is 8.78 Å². The van der Waals surface area contributed by atoms with Gasteiger partial charge in [0.2, 0.25) is 0 Å². The standard InChI is InChI=1S/C13H19F2N/c1-9(2)6-10(3)16-8-11-7-12(14)4-5-13(11)15/h4-5,7,9-10,16H,6,8H2,1-3H3. The van der Waals surface area contributed by atoms with Gasteiger partial charge in [0.25, 0.3) is 0 Å². The molecule has 0 radical (unpaired) electrons. The van der Waals surface area contributed by atoms with Gasteiger partial charge in [-0.3, -0.25) is 0 Å². The largest absolute Gasteiger partial charge is 0.310 e. The fourth-order valence-corrected chi connectivity index (χ4v) is 1.75. The molecule has 0 aliphatic heterocycles. The zero-order valence-electron chi connectivity index (χ0n) is 10.1. The summed E-state index contributed by atoms with van der Waals surface area (Å²) in [5.41, 5.74) is 0.385. The minimum absolute atomic E-state index is 0.308. The molecule has 0 fully saturated rings. The second-order valence-corrected chi connectivity index (χ2v) is 4.65. The van der Waals surface area contributed by atoms with Crippen molar-refractivity contribution in [3.63, 3.8) is 0 Å². The van der Waals surface area contributed by atoms with E-state index >= 15 is 0 Å². The molecule has 1 aromatic rings. The molecule has 0 aliphatic rings. The highest BCUT2D eigenvalue weighted by atomic mass is 19.1. The Bertz CT molecular complexity index is 337. The molecule has 0 heterocycles. The summed E-state index contributed by atoms with van der Waals surface area (Å²) < 4.78 is 26.2. The van der Waals surface area contributed by atoms with Crippen molar-refractivity contribution in [2.24, 2.45) is 5.92 Å². The molecule has 0 aromatic heterocycles. The summed E-state index contributed by atoms with van der Waals surface area (Å²) in [5.74, 6) is -0.153. The van der Waals surface area contributed by atoms with Crippen LogP contribution in [0, 0.1) is 17.6 Å². The number of hydrogen-bond acceptors (Lipinski definition) is 1. The number of hydrogen-bond donors (Lipinski definition) is 1. The third-order valence-electron chi connectivity index (χ3n) is 2.47. The van der Waals surface area contributed by atoms with Gasteiger partial charge in [0, 0.05) is 18.2 Å². The smallest absolute Gasteiger partial charge is 0.127 e. The quantitative estimate of drug-likeness (QED) is 0.812. The van der Waals surface area contributed by atoms with Gasteiger partial charge in [-0.1, -0.05) is 13.8 Å². The maximum Gasteiger partial charge on any atom is 0.127 e. The summed E-state index contributed by atoms with van der Waals surface area (Å²) >= 11 is 0. The van der Waals surface area contributed by atoms with Gasteiger partial charge in [0.1, 0.15) is 11.6 Å². The number of rotatable bonds is 5. The van der Waals surface area contributed by atoms with E-state index in [1.807, 2.05) is 0 Å². The van der Waals surface area contributed by atoms with Gasteiger partial charge >= 0.3 is 0 Å². The first-order chi connectivity index (χ1) is 7.49. The van der Waals surface area contributed by atoms with E-state index in [9.17, 15) is 8.78 Å². The SMILES string of the molecule is CC(C)CC(C)NCc1cc(F)ccc1F. The van der Waals surface area contributed by atoms with E-state index in [2.05, 4.69) is 26.1 Å². The van der Waals surface area contributed by atoms with Crippen LogP contribution in [0.2, 0.25) is 0 Å². The molecule has 0 bridgehead atoms. The fraction of sp³-hybridized carbons (Fsp3) is 0.538. The highest BCUT2D eigenvalue weighted by molar-refractivity contribution is 5.18. The molecular formula is C13H19F2N. The van der Waals surface area contributed by atoms with Crippen LogP contribution in [0.5, 0.6) is 0 Å². The summed E-state index contributed by atoms with van der Waals surface area (Å²) in [6, 6.07) is 3.85. The van der Waals surface area contributed by atoms with Crippen molar-refractivity contribution >= 4 is 0 Å². The molecule has 0 spiro atoms. The molecule has 0 saturated carbocycles. The monoisotopic (exact) mass is 227 g/mol. The molecule has 1 unspecified atom stereocenters. The highest BCUT2D eigenvalue weighted by Gasteiger charge is 2.07. The lowest BCUT2D eigenvalue weighted by atomic mass is 10.0. The van der Waals surface area contributed by atoms with Crippen LogP contribution in [0.1, 0.15) is 32.8 Å². The molecule has 0 saturated heterocycles. The number of halogens is 2. The zero-order valence-corrected chi connectivity index (χ0v) is 10.1. The summed E-state index contributed by atoms with van der Waals surface area (Å²) in [6.07, 6.45) is 1.02. The minimum atomic E-state index is -0.394. The van der Waals surface area contributed by atoms with Crippen LogP contribution in [-0.2, 0) is 6.54 Å². The predicted octanol–water partition coefficient (Wildman–Crippen LogP) is 3.49. The number of nitrogens with one attached hydrogen (secondary N) is 1. The van der Waals surface area contributed by atoms with Gasteiger partial charge in [0.15, 0.2) is 0 Å². The molecular weight excluding hydrogens is 208 g/mol. The van der Waals surface area contributed by atoms with E-state index in [0.29, 0.717) is 24.1 Å². The molecule has 1 aromatic carbocycles. The Balaban J connectivity index is 2.51. The van der Waals surface area contributed by atoms with Crippen LogP contribution in [0.3, 0.4) is 0 Å². The summed E-state index contributed by atoms with van der Waals surface area (Å²) in [7, 11) is 0.